The molecule has 21 heavy (non-hydrogen) atoms. The first-order valence-corrected chi connectivity index (χ1v) is 6.49. The van der Waals surface area contributed by atoms with Gasteiger partial charge in [0.1, 0.15) is 5.82 Å². The highest BCUT2D eigenvalue weighted by Crippen LogP contribution is 2.29. The summed E-state index contributed by atoms with van der Waals surface area (Å²) in [6.45, 7) is 1.77. The maximum Gasteiger partial charge on any atom is 0.451 e. The highest BCUT2D eigenvalue weighted by atomic mass is 19.4. The summed E-state index contributed by atoms with van der Waals surface area (Å²) in [5, 5.41) is 6.93. The quantitative estimate of drug-likeness (QED) is 0.860. The molecule has 0 aliphatic carbocycles. The molecule has 1 aromatic carbocycles. The summed E-state index contributed by atoms with van der Waals surface area (Å²) in [6.07, 6.45) is -4.45. The lowest BCUT2D eigenvalue weighted by Crippen LogP contribution is -2.34. The van der Waals surface area contributed by atoms with E-state index in [0.717, 1.165) is 10.1 Å². The fourth-order valence-corrected chi connectivity index (χ4v) is 2.43. The topological polar surface area (TPSA) is 60.0 Å². The van der Waals surface area contributed by atoms with Gasteiger partial charge in [-0.15, -0.1) is 10.2 Å². The van der Waals surface area contributed by atoms with Crippen molar-refractivity contribution in [3.05, 3.63) is 41.5 Å². The average Bonchev–Trinajstić information content (AvgIpc) is 2.84. The van der Waals surface area contributed by atoms with E-state index in [-0.39, 0.29) is 6.54 Å². The lowest BCUT2D eigenvalue weighted by Gasteiger charge is -2.27. The summed E-state index contributed by atoms with van der Waals surface area (Å²) >= 11 is 0. The second-order valence-electron chi connectivity index (χ2n) is 5.04. The predicted octanol–water partition coefficient (Wildman–Crippen LogP) is 1.89. The van der Waals surface area contributed by atoms with Crippen LogP contribution in [0.15, 0.2) is 24.3 Å². The average molecular weight is 297 g/mol. The molecule has 2 heterocycles. The Kier molecular flexibility index (Phi) is 3.32. The van der Waals surface area contributed by atoms with Gasteiger partial charge >= 0.3 is 6.18 Å². The third kappa shape index (κ3) is 2.85. The SMILES string of the molecule is Nc1ccc(CN2CCn3c(nnc3C(F)(F)F)C2)cc1. The molecule has 0 atom stereocenters. The molecular weight excluding hydrogens is 283 g/mol. The second kappa shape index (κ2) is 5.03. The lowest BCUT2D eigenvalue weighted by molar-refractivity contribution is -0.148. The molecule has 0 unspecified atom stereocenters. The number of benzene rings is 1. The fourth-order valence-electron chi connectivity index (χ4n) is 2.43. The Morgan fingerprint density at radius 1 is 1.10 bits per heavy atom. The molecule has 1 aliphatic heterocycles. The molecule has 2 aromatic rings. The Balaban J connectivity index is 1.73. The molecule has 3 rings (SSSR count). The molecule has 0 bridgehead atoms. The van der Waals surface area contributed by atoms with E-state index in [1.54, 1.807) is 0 Å². The zero-order valence-electron chi connectivity index (χ0n) is 11.1. The van der Waals surface area contributed by atoms with Crippen molar-refractivity contribution in [1.29, 1.82) is 0 Å². The van der Waals surface area contributed by atoms with Crippen molar-refractivity contribution in [2.75, 3.05) is 12.3 Å². The van der Waals surface area contributed by atoms with E-state index in [0.29, 0.717) is 31.1 Å². The van der Waals surface area contributed by atoms with Crippen LogP contribution >= 0.6 is 0 Å². The Bertz CT molecular complexity index is 632. The van der Waals surface area contributed by atoms with Crippen LogP contribution in [-0.2, 0) is 25.8 Å². The summed E-state index contributed by atoms with van der Waals surface area (Å²) in [6, 6.07) is 7.44. The predicted molar refractivity (Wildman–Crippen MR) is 70.0 cm³/mol. The van der Waals surface area contributed by atoms with Gasteiger partial charge in [0.15, 0.2) is 0 Å². The highest BCUT2D eigenvalue weighted by molar-refractivity contribution is 5.39. The Morgan fingerprint density at radius 3 is 2.48 bits per heavy atom. The molecule has 8 heteroatoms. The first kappa shape index (κ1) is 13.9. The largest absolute Gasteiger partial charge is 0.451 e. The van der Waals surface area contributed by atoms with E-state index < -0.39 is 12.0 Å². The van der Waals surface area contributed by atoms with Gasteiger partial charge in [-0.1, -0.05) is 12.1 Å². The van der Waals surface area contributed by atoms with E-state index in [9.17, 15) is 13.2 Å². The molecule has 0 amide bonds. The third-order valence-corrected chi connectivity index (χ3v) is 3.47. The minimum absolute atomic E-state index is 0.242. The number of rotatable bonds is 2. The number of hydrogen-bond donors (Lipinski definition) is 1. The van der Waals surface area contributed by atoms with E-state index in [4.69, 9.17) is 5.73 Å². The molecular formula is C13H14F3N5. The van der Waals surface area contributed by atoms with Gasteiger partial charge in [-0.25, -0.2) is 0 Å². The van der Waals surface area contributed by atoms with Crippen molar-refractivity contribution < 1.29 is 13.2 Å². The normalized spacial score (nSPS) is 16.0. The second-order valence-corrected chi connectivity index (χ2v) is 5.04. The van der Waals surface area contributed by atoms with Gasteiger partial charge in [-0.05, 0) is 17.7 Å². The van der Waals surface area contributed by atoms with Gasteiger partial charge in [-0.3, -0.25) is 4.90 Å². The van der Waals surface area contributed by atoms with Gasteiger partial charge in [-0.2, -0.15) is 13.2 Å². The van der Waals surface area contributed by atoms with E-state index in [2.05, 4.69) is 10.2 Å². The number of fused-ring (bicyclic) bond motifs is 1. The minimum atomic E-state index is -4.45. The van der Waals surface area contributed by atoms with Crippen LogP contribution in [0.3, 0.4) is 0 Å². The summed E-state index contributed by atoms with van der Waals surface area (Å²) in [4.78, 5) is 2.04. The minimum Gasteiger partial charge on any atom is -0.399 e. The van der Waals surface area contributed by atoms with Crippen LogP contribution in [0.5, 0.6) is 0 Å². The van der Waals surface area contributed by atoms with E-state index >= 15 is 0 Å². The number of halogens is 3. The molecule has 1 aliphatic rings. The first-order valence-electron chi connectivity index (χ1n) is 6.49. The number of nitrogens with two attached hydrogens (primary N) is 1. The van der Waals surface area contributed by atoms with Gasteiger partial charge < -0.3 is 10.3 Å². The lowest BCUT2D eigenvalue weighted by atomic mass is 10.2. The van der Waals surface area contributed by atoms with E-state index in [1.807, 2.05) is 29.2 Å². The van der Waals surface area contributed by atoms with Crippen molar-refractivity contribution in [3.8, 4) is 0 Å². The standard InChI is InChI=1S/C13H14F3N5/c14-13(15,16)12-19-18-11-8-20(5-6-21(11)12)7-9-1-3-10(17)4-2-9/h1-4H,5-8,17H2. The molecule has 0 saturated carbocycles. The highest BCUT2D eigenvalue weighted by Gasteiger charge is 2.39. The zero-order chi connectivity index (χ0) is 15.0. The summed E-state index contributed by atoms with van der Waals surface area (Å²) < 4.78 is 39.4. The first-order chi connectivity index (χ1) is 9.93. The Labute approximate surface area is 119 Å². The zero-order valence-corrected chi connectivity index (χ0v) is 11.1. The molecule has 5 nitrogen and oxygen atoms in total. The van der Waals surface area contributed by atoms with Gasteiger partial charge in [0.2, 0.25) is 5.82 Å². The van der Waals surface area contributed by atoms with Gasteiger partial charge in [0, 0.05) is 25.3 Å². The maximum absolute atomic E-state index is 12.7. The van der Waals surface area contributed by atoms with Crippen molar-refractivity contribution in [1.82, 2.24) is 19.7 Å². The summed E-state index contributed by atoms with van der Waals surface area (Å²) in [5.74, 6) is -0.561. The van der Waals surface area contributed by atoms with Crippen molar-refractivity contribution in [2.24, 2.45) is 0 Å². The van der Waals surface area contributed by atoms with E-state index in [1.165, 1.54) is 0 Å². The van der Waals surface area contributed by atoms with Crippen molar-refractivity contribution in [3.63, 3.8) is 0 Å². The molecule has 0 fully saturated rings. The van der Waals surface area contributed by atoms with Crippen LogP contribution in [-0.4, -0.2) is 26.2 Å². The smallest absolute Gasteiger partial charge is 0.399 e. The number of nitrogens with zero attached hydrogens (tertiary/aromatic N) is 4. The third-order valence-electron chi connectivity index (χ3n) is 3.47. The van der Waals surface area contributed by atoms with Gasteiger partial charge in [0.05, 0.1) is 6.54 Å². The number of alkyl halides is 3. The monoisotopic (exact) mass is 297 g/mol. The number of anilines is 1. The van der Waals surface area contributed by atoms with Crippen molar-refractivity contribution in [2.45, 2.75) is 25.8 Å². The van der Waals surface area contributed by atoms with Gasteiger partial charge in [0.25, 0.3) is 0 Å². The summed E-state index contributed by atoms with van der Waals surface area (Å²) in [5.41, 5.74) is 7.37. The number of hydrogen-bond acceptors (Lipinski definition) is 4. The van der Waals surface area contributed by atoms with Crippen LogP contribution in [0.2, 0.25) is 0 Å². The molecule has 0 radical (unpaired) electrons. The van der Waals surface area contributed by atoms with Crippen LogP contribution in [0.4, 0.5) is 18.9 Å². The Hall–Kier alpha value is -2.09. The molecule has 0 spiro atoms. The molecule has 112 valence electrons. The molecule has 2 N–H and O–H groups in total. The van der Waals surface area contributed by atoms with Crippen LogP contribution in [0.1, 0.15) is 17.2 Å². The fraction of sp³-hybridized carbons (Fsp3) is 0.385. The summed E-state index contributed by atoms with van der Waals surface area (Å²) in [7, 11) is 0. The molecule has 1 aromatic heterocycles. The van der Waals surface area contributed by atoms with Crippen LogP contribution in [0.25, 0.3) is 0 Å². The van der Waals surface area contributed by atoms with Crippen LogP contribution in [0, 0.1) is 0 Å². The molecule has 0 saturated heterocycles. The number of nitrogen functional groups attached to an aromatic ring is 1. The number of aromatic nitrogens is 3. The maximum atomic E-state index is 12.7. The Morgan fingerprint density at radius 2 is 1.81 bits per heavy atom. The van der Waals surface area contributed by atoms with Crippen LogP contribution < -0.4 is 5.73 Å². The van der Waals surface area contributed by atoms with Crippen molar-refractivity contribution >= 4 is 5.69 Å².